The zero-order valence-electron chi connectivity index (χ0n) is 16.1. The lowest BCUT2D eigenvalue weighted by atomic mass is 9.84. The Morgan fingerprint density at radius 2 is 2.04 bits per heavy atom. The van der Waals surface area contributed by atoms with Gasteiger partial charge >= 0.3 is 0 Å². The summed E-state index contributed by atoms with van der Waals surface area (Å²) in [4.78, 5) is 4.31. The van der Waals surface area contributed by atoms with E-state index in [4.69, 9.17) is 27.9 Å². The molecule has 0 saturated carbocycles. The summed E-state index contributed by atoms with van der Waals surface area (Å²) >= 11 is 12.2. The van der Waals surface area contributed by atoms with E-state index >= 15 is 0 Å². The average Bonchev–Trinajstić information content (AvgIpc) is 3.06. The number of nitrogens with one attached hydrogen (secondary N) is 2. The first-order valence-corrected chi connectivity index (χ1v) is 9.66. The predicted molar refractivity (Wildman–Crippen MR) is 124 cm³/mol. The first-order chi connectivity index (χ1) is 12.3. The van der Waals surface area contributed by atoms with Crippen LogP contribution in [0.1, 0.15) is 32.3 Å². The van der Waals surface area contributed by atoms with E-state index in [0.29, 0.717) is 23.2 Å². The Morgan fingerprint density at radius 1 is 1.30 bits per heavy atom. The number of aliphatic hydroxyl groups is 1. The number of guanidine groups is 1. The lowest BCUT2D eigenvalue weighted by Gasteiger charge is -2.30. The van der Waals surface area contributed by atoms with Gasteiger partial charge in [0, 0.05) is 44.2 Å². The van der Waals surface area contributed by atoms with Gasteiger partial charge < -0.3 is 20.5 Å². The zero-order chi connectivity index (χ0) is 19.2. The first-order valence-electron chi connectivity index (χ1n) is 8.91. The Bertz CT molecular complexity index is 635. The van der Waals surface area contributed by atoms with E-state index < -0.39 is 0 Å². The van der Waals surface area contributed by atoms with Gasteiger partial charge in [0.15, 0.2) is 5.96 Å². The SMILES string of the molecule is CN=C(NCC1(CCO)CCOC1)NCC(C)(C)c1ccc(Cl)c(Cl)c1.I. The molecule has 1 aliphatic rings. The Balaban J connectivity index is 0.00000364. The number of benzene rings is 1. The van der Waals surface area contributed by atoms with Crippen LogP contribution >= 0.6 is 47.2 Å². The molecule has 1 aromatic rings. The number of rotatable bonds is 7. The quantitative estimate of drug-likeness (QED) is 0.285. The third-order valence-electron chi connectivity index (χ3n) is 5.08. The minimum atomic E-state index is -0.148. The van der Waals surface area contributed by atoms with Crippen LogP contribution in [0.25, 0.3) is 0 Å². The maximum absolute atomic E-state index is 9.34. The number of aliphatic hydroxyl groups excluding tert-OH is 1. The van der Waals surface area contributed by atoms with Crippen LogP contribution in [0, 0.1) is 5.41 Å². The fraction of sp³-hybridized carbons (Fsp3) is 0.632. The molecule has 1 heterocycles. The molecule has 1 unspecified atom stereocenters. The second-order valence-electron chi connectivity index (χ2n) is 7.57. The van der Waals surface area contributed by atoms with Gasteiger partial charge in [0.1, 0.15) is 0 Å². The van der Waals surface area contributed by atoms with Crippen molar-refractivity contribution in [2.24, 2.45) is 10.4 Å². The summed E-state index contributed by atoms with van der Waals surface area (Å²) in [6.45, 7) is 7.29. The number of hydrogen-bond acceptors (Lipinski definition) is 3. The van der Waals surface area contributed by atoms with Crippen molar-refractivity contribution in [2.45, 2.75) is 32.1 Å². The van der Waals surface area contributed by atoms with Crippen LogP contribution in [-0.2, 0) is 10.2 Å². The highest BCUT2D eigenvalue weighted by molar-refractivity contribution is 14.0. The van der Waals surface area contributed by atoms with Crippen LogP contribution in [-0.4, -0.2) is 51.0 Å². The van der Waals surface area contributed by atoms with Crippen LogP contribution in [0.15, 0.2) is 23.2 Å². The van der Waals surface area contributed by atoms with Gasteiger partial charge in [-0.1, -0.05) is 43.1 Å². The fourth-order valence-corrected chi connectivity index (χ4v) is 3.43. The summed E-state index contributed by atoms with van der Waals surface area (Å²) in [5, 5.41) is 17.2. The average molecular weight is 530 g/mol. The van der Waals surface area contributed by atoms with Gasteiger partial charge in [0.2, 0.25) is 0 Å². The molecule has 27 heavy (non-hydrogen) atoms. The summed E-state index contributed by atoms with van der Waals surface area (Å²) in [7, 11) is 1.76. The van der Waals surface area contributed by atoms with E-state index in [2.05, 4.69) is 29.5 Å². The van der Waals surface area contributed by atoms with Crippen LogP contribution in [0.3, 0.4) is 0 Å². The summed E-state index contributed by atoms with van der Waals surface area (Å²) < 4.78 is 5.54. The largest absolute Gasteiger partial charge is 0.396 e. The number of aliphatic imine (C=N–C) groups is 1. The zero-order valence-corrected chi connectivity index (χ0v) is 20.0. The molecule has 1 fully saturated rings. The standard InChI is InChI=1S/C19H29Cl2N3O2.HI/c1-18(2,14-4-5-15(20)16(21)10-14)11-23-17(22-3)24-12-19(6-8-25)7-9-26-13-19;/h4-5,10,25H,6-9,11-13H2,1-3H3,(H2,22,23,24);1H. The molecule has 0 radical (unpaired) electrons. The van der Waals surface area contributed by atoms with E-state index in [0.717, 1.165) is 37.5 Å². The molecule has 5 nitrogen and oxygen atoms in total. The molecule has 0 bridgehead atoms. The molecule has 1 saturated heterocycles. The van der Waals surface area contributed by atoms with Crippen molar-refractivity contribution in [3.8, 4) is 0 Å². The maximum Gasteiger partial charge on any atom is 0.191 e. The lowest BCUT2D eigenvalue weighted by Crippen LogP contribution is -2.47. The van der Waals surface area contributed by atoms with Crippen molar-refractivity contribution in [1.29, 1.82) is 0 Å². The van der Waals surface area contributed by atoms with Crippen molar-refractivity contribution in [1.82, 2.24) is 10.6 Å². The summed E-state index contributed by atoms with van der Waals surface area (Å²) in [6, 6.07) is 5.73. The van der Waals surface area contributed by atoms with Crippen LogP contribution in [0.4, 0.5) is 0 Å². The highest BCUT2D eigenvalue weighted by Crippen LogP contribution is 2.31. The predicted octanol–water partition coefficient (Wildman–Crippen LogP) is 3.84. The molecule has 0 aliphatic carbocycles. The second-order valence-corrected chi connectivity index (χ2v) is 8.38. The summed E-state index contributed by atoms with van der Waals surface area (Å²) in [5.74, 6) is 0.738. The Kier molecular flexibility index (Phi) is 10.1. The van der Waals surface area contributed by atoms with Crippen molar-refractivity contribution in [3.05, 3.63) is 33.8 Å². The Morgan fingerprint density at radius 3 is 2.59 bits per heavy atom. The minimum absolute atomic E-state index is 0. The van der Waals surface area contributed by atoms with Gasteiger partial charge in [-0.25, -0.2) is 0 Å². The van der Waals surface area contributed by atoms with Crippen molar-refractivity contribution >= 4 is 53.1 Å². The van der Waals surface area contributed by atoms with E-state index in [1.165, 1.54) is 0 Å². The molecule has 1 aromatic carbocycles. The van der Waals surface area contributed by atoms with Crippen molar-refractivity contribution in [2.75, 3.05) is 40.0 Å². The number of ether oxygens (including phenoxy) is 1. The molecule has 1 atom stereocenters. The van der Waals surface area contributed by atoms with Crippen molar-refractivity contribution < 1.29 is 9.84 Å². The Hall–Kier alpha value is -0.280. The highest BCUT2D eigenvalue weighted by Gasteiger charge is 2.34. The third-order valence-corrected chi connectivity index (χ3v) is 5.82. The number of halogens is 3. The van der Waals surface area contributed by atoms with E-state index in [1.807, 2.05) is 18.2 Å². The van der Waals surface area contributed by atoms with Crippen LogP contribution < -0.4 is 10.6 Å². The molecule has 8 heteroatoms. The normalized spacial score (nSPS) is 20.3. The van der Waals surface area contributed by atoms with E-state index in [9.17, 15) is 5.11 Å². The van der Waals surface area contributed by atoms with E-state index in [1.54, 1.807) is 7.05 Å². The van der Waals surface area contributed by atoms with Crippen LogP contribution in [0.5, 0.6) is 0 Å². The number of hydrogen-bond donors (Lipinski definition) is 3. The van der Waals surface area contributed by atoms with Gasteiger partial charge in [-0.05, 0) is 30.5 Å². The molecule has 0 aromatic heterocycles. The number of nitrogens with zero attached hydrogens (tertiary/aromatic N) is 1. The minimum Gasteiger partial charge on any atom is -0.396 e. The molecular formula is C19H30Cl2IN3O2. The molecule has 0 amide bonds. The molecule has 154 valence electrons. The smallest absolute Gasteiger partial charge is 0.191 e. The van der Waals surface area contributed by atoms with Gasteiger partial charge in [-0.2, -0.15) is 0 Å². The lowest BCUT2D eigenvalue weighted by molar-refractivity contribution is 0.127. The van der Waals surface area contributed by atoms with Crippen LogP contribution in [0.2, 0.25) is 10.0 Å². The fourth-order valence-electron chi connectivity index (χ4n) is 3.13. The molecule has 3 N–H and O–H groups in total. The summed E-state index contributed by atoms with van der Waals surface area (Å²) in [6.07, 6.45) is 1.68. The van der Waals surface area contributed by atoms with Gasteiger partial charge in [-0.15, -0.1) is 24.0 Å². The van der Waals surface area contributed by atoms with E-state index in [-0.39, 0.29) is 41.4 Å². The first kappa shape index (κ1) is 24.8. The highest BCUT2D eigenvalue weighted by atomic mass is 127. The molecule has 2 rings (SSSR count). The molecule has 1 aliphatic heterocycles. The third kappa shape index (κ3) is 6.92. The van der Waals surface area contributed by atoms with Gasteiger partial charge in [0.05, 0.1) is 16.7 Å². The second kappa shape index (κ2) is 11.0. The maximum atomic E-state index is 9.34. The molecular weight excluding hydrogens is 500 g/mol. The van der Waals surface area contributed by atoms with Gasteiger partial charge in [-0.3, -0.25) is 4.99 Å². The Labute approximate surface area is 189 Å². The topological polar surface area (TPSA) is 65.9 Å². The summed E-state index contributed by atoms with van der Waals surface area (Å²) in [5.41, 5.74) is 0.937. The van der Waals surface area contributed by atoms with Gasteiger partial charge in [0.25, 0.3) is 0 Å². The molecule has 0 spiro atoms. The monoisotopic (exact) mass is 529 g/mol. The van der Waals surface area contributed by atoms with Crippen molar-refractivity contribution in [3.63, 3.8) is 0 Å².